The summed E-state index contributed by atoms with van der Waals surface area (Å²) in [7, 11) is 0. The van der Waals surface area contributed by atoms with Crippen molar-refractivity contribution in [2.75, 3.05) is 0 Å². The summed E-state index contributed by atoms with van der Waals surface area (Å²) in [6, 6.07) is 0. The van der Waals surface area contributed by atoms with E-state index in [0.717, 1.165) is 0 Å². The van der Waals surface area contributed by atoms with Crippen LogP contribution in [-0.4, -0.2) is 23.1 Å². The van der Waals surface area contributed by atoms with Gasteiger partial charge >= 0.3 is 11.9 Å². The highest BCUT2D eigenvalue weighted by atomic mass is 17.2. The fourth-order valence-electron chi connectivity index (χ4n) is 0.394. The van der Waals surface area contributed by atoms with Crippen molar-refractivity contribution in [2.24, 2.45) is 0 Å². The summed E-state index contributed by atoms with van der Waals surface area (Å²) >= 11 is 0. The summed E-state index contributed by atoms with van der Waals surface area (Å²) in [6.07, 6.45) is 0. The second kappa shape index (κ2) is 5.27. The molecule has 94 valence electrons. The molecule has 0 unspecified atom stereocenters. The molecule has 0 saturated carbocycles. The smallest absolute Gasteiger partial charge is 0.285 e. The Morgan fingerprint density at radius 2 is 0.938 bits per heavy atom. The standard InChI is InChI=1S/C10H18O6/c1-9(2,3)15-13-7(11)8(12)14-16-10(4,5)6/h1-6H3. The minimum absolute atomic E-state index is 0.694. The topological polar surface area (TPSA) is 71.1 Å². The maximum Gasteiger partial charge on any atom is 0.453 e. The number of carbonyl (C=O) groups is 2. The zero-order valence-electron chi connectivity index (χ0n) is 10.4. The predicted molar refractivity (Wildman–Crippen MR) is 53.9 cm³/mol. The van der Waals surface area contributed by atoms with Gasteiger partial charge in [0.15, 0.2) is 0 Å². The van der Waals surface area contributed by atoms with Crippen LogP contribution in [0, 0.1) is 0 Å². The molecule has 0 aliphatic rings. The van der Waals surface area contributed by atoms with Gasteiger partial charge in [-0.1, -0.05) is 0 Å². The molecule has 6 heteroatoms. The van der Waals surface area contributed by atoms with Crippen molar-refractivity contribution >= 4 is 11.9 Å². The van der Waals surface area contributed by atoms with E-state index in [1.54, 1.807) is 41.5 Å². The minimum Gasteiger partial charge on any atom is -0.285 e. The summed E-state index contributed by atoms with van der Waals surface area (Å²) in [6.45, 7) is 9.98. The van der Waals surface area contributed by atoms with Gasteiger partial charge in [0, 0.05) is 0 Å². The fourth-order valence-corrected chi connectivity index (χ4v) is 0.394. The Morgan fingerprint density at radius 1 is 0.688 bits per heavy atom. The van der Waals surface area contributed by atoms with Crippen molar-refractivity contribution in [3.05, 3.63) is 0 Å². The third-order valence-electron chi connectivity index (χ3n) is 0.901. The molecule has 16 heavy (non-hydrogen) atoms. The molecule has 0 N–H and O–H groups in total. The Kier molecular flexibility index (Phi) is 4.89. The monoisotopic (exact) mass is 234 g/mol. The zero-order valence-corrected chi connectivity index (χ0v) is 10.4. The van der Waals surface area contributed by atoms with Gasteiger partial charge in [0.25, 0.3) is 0 Å². The normalized spacial score (nSPS) is 12.1. The summed E-state index contributed by atoms with van der Waals surface area (Å²) < 4.78 is 0. The third-order valence-corrected chi connectivity index (χ3v) is 0.901. The first-order chi connectivity index (χ1) is 7.01. The quantitative estimate of drug-likeness (QED) is 0.410. The SMILES string of the molecule is CC(C)(C)OOC(=O)C(=O)OOC(C)(C)C. The Morgan fingerprint density at radius 3 is 1.12 bits per heavy atom. The van der Waals surface area contributed by atoms with Crippen LogP contribution in [0.1, 0.15) is 41.5 Å². The van der Waals surface area contributed by atoms with Crippen molar-refractivity contribution in [2.45, 2.75) is 52.7 Å². The maximum absolute atomic E-state index is 11.0. The molecule has 0 amide bonds. The summed E-state index contributed by atoms with van der Waals surface area (Å²) in [5.74, 6) is -2.53. The van der Waals surface area contributed by atoms with Crippen LogP contribution < -0.4 is 0 Å². The molecule has 6 nitrogen and oxygen atoms in total. The average molecular weight is 234 g/mol. The molecule has 0 spiro atoms. The number of hydrogen-bond acceptors (Lipinski definition) is 6. The molecular weight excluding hydrogens is 216 g/mol. The Labute approximate surface area is 94.7 Å². The first kappa shape index (κ1) is 14.9. The molecule has 0 aromatic carbocycles. The molecule has 0 fully saturated rings. The van der Waals surface area contributed by atoms with Gasteiger partial charge in [-0.3, -0.25) is 9.78 Å². The van der Waals surface area contributed by atoms with E-state index < -0.39 is 23.1 Å². The van der Waals surface area contributed by atoms with Crippen molar-refractivity contribution in [1.82, 2.24) is 0 Å². The van der Waals surface area contributed by atoms with Crippen LogP contribution in [0.15, 0.2) is 0 Å². The number of carbonyl (C=O) groups excluding carboxylic acids is 2. The summed E-state index contributed by atoms with van der Waals surface area (Å²) in [5, 5.41) is 0. The van der Waals surface area contributed by atoms with Crippen LogP contribution in [0.5, 0.6) is 0 Å². The van der Waals surface area contributed by atoms with Crippen molar-refractivity contribution in [1.29, 1.82) is 0 Å². The molecule has 0 bridgehead atoms. The lowest BCUT2D eigenvalue weighted by Gasteiger charge is -2.17. The van der Waals surface area contributed by atoms with E-state index in [1.165, 1.54) is 0 Å². The van der Waals surface area contributed by atoms with Gasteiger partial charge in [-0.05, 0) is 41.5 Å². The van der Waals surface area contributed by atoms with E-state index in [9.17, 15) is 9.59 Å². The molecule has 0 rings (SSSR count). The molecular formula is C10H18O6. The lowest BCUT2D eigenvalue weighted by atomic mass is 10.2. The van der Waals surface area contributed by atoms with Crippen LogP contribution in [0.3, 0.4) is 0 Å². The highest BCUT2D eigenvalue weighted by molar-refractivity contribution is 6.29. The first-order valence-corrected chi connectivity index (χ1v) is 4.81. The molecule has 0 saturated heterocycles. The van der Waals surface area contributed by atoms with Gasteiger partial charge in [-0.2, -0.15) is 9.78 Å². The minimum atomic E-state index is -1.26. The van der Waals surface area contributed by atoms with Gasteiger partial charge in [0.05, 0.1) is 0 Å². The zero-order chi connectivity index (χ0) is 13.0. The Hall–Kier alpha value is -1.14. The summed E-state index contributed by atoms with van der Waals surface area (Å²) in [5.41, 5.74) is -1.39. The van der Waals surface area contributed by atoms with E-state index >= 15 is 0 Å². The second-order valence-corrected chi connectivity index (χ2v) is 5.13. The van der Waals surface area contributed by atoms with Gasteiger partial charge < -0.3 is 0 Å². The average Bonchev–Trinajstić information content (AvgIpc) is 2.07. The highest BCUT2D eigenvalue weighted by Gasteiger charge is 2.25. The van der Waals surface area contributed by atoms with E-state index in [2.05, 4.69) is 19.6 Å². The van der Waals surface area contributed by atoms with E-state index in [-0.39, 0.29) is 0 Å². The van der Waals surface area contributed by atoms with E-state index in [0.29, 0.717) is 0 Å². The molecule has 0 aliphatic carbocycles. The fraction of sp³-hybridized carbons (Fsp3) is 0.800. The van der Waals surface area contributed by atoms with Gasteiger partial charge in [0.1, 0.15) is 11.2 Å². The molecule has 0 atom stereocenters. The third kappa shape index (κ3) is 8.19. The van der Waals surface area contributed by atoms with Crippen LogP contribution in [0.4, 0.5) is 0 Å². The van der Waals surface area contributed by atoms with E-state index in [4.69, 9.17) is 0 Å². The largest absolute Gasteiger partial charge is 0.453 e. The Bertz CT molecular complexity index is 229. The van der Waals surface area contributed by atoms with Crippen LogP contribution in [0.2, 0.25) is 0 Å². The number of rotatable bonds is 2. The molecule has 0 aromatic heterocycles. The van der Waals surface area contributed by atoms with Gasteiger partial charge in [-0.25, -0.2) is 9.59 Å². The molecule has 0 radical (unpaired) electrons. The number of hydrogen-bond donors (Lipinski definition) is 0. The van der Waals surface area contributed by atoms with Crippen LogP contribution in [-0.2, 0) is 29.1 Å². The molecule has 0 aromatic rings. The van der Waals surface area contributed by atoms with E-state index in [1.807, 2.05) is 0 Å². The first-order valence-electron chi connectivity index (χ1n) is 4.81. The van der Waals surface area contributed by atoms with Crippen molar-refractivity contribution in [3.8, 4) is 0 Å². The second-order valence-electron chi connectivity index (χ2n) is 5.13. The predicted octanol–water partition coefficient (Wildman–Crippen LogP) is 1.53. The van der Waals surface area contributed by atoms with Gasteiger partial charge in [-0.15, -0.1) is 0 Å². The van der Waals surface area contributed by atoms with Crippen molar-refractivity contribution in [3.63, 3.8) is 0 Å². The highest BCUT2D eigenvalue weighted by Crippen LogP contribution is 2.09. The summed E-state index contributed by atoms with van der Waals surface area (Å²) in [4.78, 5) is 39.8. The van der Waals surface area contributed by atoms with Crippen LogP contribution in [0.25, 0.3) is 0 Å². The van der Waals surface area contributed by atoms with Crippen molar-refractivity contribution < 1.29 is 29.1 Å². The molecule has 0 aliphatic heterocycles. The maximum atomic E-state index is 11.0. The molecule has 0 heterocycles. The Balaban J connectivity index is 3.97. The lowest BCUT2D eigenvalue weighted by Crippen LogP contribution is -2.29. The lowest BCUT2D eigenvalue weighted by molar-refractivity contribution is -0.339. The van der Waals surface area contributed by atoms with Gasteiger partial charge in [0.2, 0.25) is 0 Å². The van der Waals surface area contributed by atoms with Crippen LogP contribution >= 0.6 is 0 Å².